The van der Waals surface area contributed by atoms with Crippen LogP contribution >= 0.6 is 0 Å². The highest BCUT2D eigenvalue weighted by Gasteiger charge is 2.17. The molecule has 1 rings (SSSR count). The van der Waals surface area contributed by atoms with Crippen molar-refractivity contribution in [3.63, 3.8) is 0 Å². The molecule has 0 aromatic heterocycles. The average Bonchev–Trinajstić information content (AvgIpc) is 2.18. The predicted molar refractivity (Wildman–Crippen MR) is 65.6 cm³/mol. The standard InChI is InChI=1S/C12H20N2O/c1-12(2,9-15)13-10-7-5-6-8-11(10)14(3)4/h5-8,13,15H,9H2,1-4H3. The second-order valence-corrected chi connectivity index (χ2v) is 4.58. The monoisotopic (exact) mass is 208 g/mol. The average molecular weight is 208 g/mol. The molecule has 0 radical (unpaired) electrons. The maximum absolute atomic E-state index is 9.21. The number of aliphatic hydroxyl groups excluding tert-OH is 1. The van der Waals surface area contributed by atoms with Crippen LogP contribution in [0.25, 0.3) is 0 Å². The number of rotatable bonds is 4. The van der Waals surface area contributed by atoms with Crippen LogP contribution in [0.3, 0.4) is 0 Å². The fraction of sp³-hybridized carbons (Fsp3) is 0.500. The molecule has 0 bridgehead atoms. The van der Waals surface area contributed by atoms with E-state index >= 15 is 0 Å². The summed E-state index contributed by atoms with van der Waals surface area (Å²) in [5, 5.41) is 12.5. The molecule has 0 aliphatic heterocycles. The summed E-state index contributed by atoms with van der Waals surface area (Å²) in [5.74, 6) is 0. The van der Waals surface area contributed by atoms with Gasteiger partial charge in [0.1, 0.15) is 0 Å². The van der Waals surface area contributed by atoms with Crippen LogP contribution in [0.1, 0.15) is 13.8 Å². The number of hydrogen-bond donors (Lipinski definition) is 2. The molecule has 0 aliphatic carbocycles. The number of aliphatic hydroxyl groups is 1. The molecule has 2 N–H and O–H groups in total. The predicted octanol–water partition coefficient (Wildman–Crippen LogP) is 1.94. The SMILES string of the molecule is CN(C)c1ccccc1NC(C)(C)CO. The molecule has 1 aromatic carbocycles. The summed E-state index contributed by atoms with van der Waals surface area (Å²) in [6, 6.07) is 8.07. The molecule has 0 fully saturated rings. The van der Waals surface area contributed by atoms with Gasteiger partial charge in [-0.1, -0.05) is 12.1 Å². The number of nitrogens with one attached hydrogen (secondary N) is 1. The Morgan fingerprint density at radius 3 is 2.40 bits per heavy atom. The van der Waals surface area contributed by atoms with Gasteiger partial charge in [-0.15, -0.1) is 0 Å². The lowest BCUT2D eigenvalue weighted by molar-refractivity contribution is 0.234. The van der Waals surface area contributed by atoms with Crippen LogP contribution in [0, 0.1) is 0 Å². The largest absolute Gasteiger partial charge is 0.394 e. The Kier molecular flexibility index (Phi) is 3.58. The van der Waals surface area contributed by atoms with E-state index in [1.54, 1.807) is 0 Å². The number of nitrogens with zero attached hydrogens (tertiary/aromatic N) is 1. The zero-order valence-electron chi connectivity index (χ0n) is 9.91. The van der Waals surface area contributed by atoms with Crippen molar-refractivity contribution in [3.8, 4) is 0 Å². The molecule has 15 heavy (non-hydrogen) atoms. The van der Waals surface area contributed by atoms with E-state index in [4.69, 9.17) is 0 Å². The Morgan fingerprint density at radius 1 is 1.27 bits per heavy atom. The van der Waals surface area contributed by atoms with Gasteiger partial charge < -0.3 is 15.3 Å². The van der Waals surface area contributed by atoms with E-state index in [0.717, 1.165) is 11.4 Å². The Hall–Kier alpha value is -1.22. The first-order valence-electron chi connectivity index (χ1n) is 5.12. The lowest BCUT2D eigenvalue weighted by atomic mass is 10.1. The summed E-state index contributed by atoms with van der Waals surface area (Å²) in [6.45, 7) is 4.05. The van der Waals surface area contributed by atoms with Crippen molar-refractivity contribution in [2.45, 2.75) is 19.4 Å². The second kappa shape index (κ2) is 4.53. The maximum atomic E-state index is 9.21. The minimum Gasteiger partial charge on any atom is -0.394 e. The first-order chi connectivity index (χ1) is 6.96. The molecule has 0 spiro atoms. The molecule has 0 heterocycles. The fourth-order valence-electron chi connectivity index (χ4n) is 1.37. The van der Waals surface area contributed by atoms with E-state index in [1.807, 2.05) is 46.1 Å². The Morgan fingerprint density at radius 2 is 1.87 bits per heavy atom. The van der Waals surface area contributed by atoms with Crippen LogP contribution < -0.4 is 10.2 Å². The third kappa shape index (κ3) is 3.13. The topological polar surface area (TPSA) is 35.5 Å². The molecular formula is C12H20N2O. The van der Waals surface area contributed by atoms with Crippen molar-refractivity contribution in [3.05, 3.63) is 24.3 Å². The zero-order chi connectivity index (χ0) is 11.5. The highest BCUT2D eigenvalue weighted by molar-refractivity contribution is 5.70. The van der Waals surface area contributed by atoms with Gasteiger partial charge in [0.05, 0.1) is 23.5 Å². The highest BCUT2D eigenvalue weighted by Crippen LogP contribution is 2.26. The van der Waals surface area contributed by atoms with Gasteiger partial charge in [0.25, 0.3) is 0 Å². The van der Waals surface area contributed by atoms with E-state index < -0.39 is 0 Å². The molecule has 0 saturated heterocycles. The smallest absolute Gasteiger partial charge is 0.0656 e. The third-order valence-electron chi connectivity index (χ3n) is 2.25. The molecule has 3 nitrogen and oxygen atoms in total. The van der Waals surface area contributed by atoms with Crippen molar-refractivity contribution < 1.29 is 5.11 Å². The van der Waals surface area contributed by atoms with Crippen LogP contribution in [0.15, 0.2) is 24.3 Å². The van der Waals surface area contributed by atoms with Crippen LogP contribution in [0.4, 0.5) is 11.4 Å². The first-order valence-corrected chi connectivity index (χ1v) is 5.12. The molecule has 0 aliphatic rings. The Bertz CT molecular complexity index is 321. The molecule has 84 valence electrons. The van der Waals surface area contributed by atoms with Gasteiger partial charge in [-0.25, -0.2) is 0 Å². The summed E-state index contributed by atoms with van der Waals surface area (Å²) >= 11 is 0. The summed E-state index contributed by atoms with van der Waals surface area (Å²) < 4.78 is 0. The lowest BCUT2D eigenvalue weighted by Crippen LogP contribution is -2.35. The van der Waals surface area contributed by atoms with E-state index in [0.29, 0.717) is 0 Å². The summed E-state index contributed by atoms with van der Waals surface area (Å²) in [7, 11) is 4.01. The van der Waals surface area contributed by atoms with Gasteiger partial charge >= 0.3 is 0 Å². The molecule has 0 amide bonds. The van der Waals surface area contributed by atoms with Crippen molar-refractivity contribution in [2.75, 3.05) is 30.9 Å². The van der Waals surface area contributed by atoms with Gasteiger partial charge in [-0.05, 0) is 26.0 Å². The third-order valence-corrected chi connectivity index (χ3v) is 2.25. The van der Waals surface area contributed by atoms with Gasteiger partial charge in [0.15, 0.2) is 0 Å². The number of hydrogen-bond acceptors (Lipinski definition) is 3. The molecule has 0 unspecified atom stereocenters. The first kappa shape index (κ1) is 11.9. The minimum atomic E-state index is -0.299. The van der Waals surface area contributed by atoms with Crippen LogP contribution in [-0.4, -0.2) is 31.3 Å². The van der Waals surface area contributed by atoms with E-state index in [1.165, 1.54) is 0 Å². The van der Waals surface area contributed by atoms with Gasteiger partial charge in [0.2, 0.25) is 0 Å². The van der Waals surface area contributed by atoms with Gasteiger partial charge in [-0.2, -0.15) is 0 Å². The normalized spacial score (nSPS) is 11.3. The quantitative estimate of drug-likeness (QED) is 0.793. The van der Waals surface area contributed by atoms with E-state index in [9.17, 15) is 5.11 Å². The second-order valence-electron chi connectivity index (χ2n) is 4.58. The Labute approximate surface area is 91.7 Å². The van der Waals surface area contributed by atoms with E-state index in [-0.39, 0.29) is 12.1 Å². The number of benzene rings is 1. The molecule has 0 atom stereocenters. The van der Waals surface area contributed by atoms with E-state index in [2.05, 4.69) is 16.3 Å². The Balaban J connectivity index is 2.94. The highest BCUT2D eigenvalue weighted by atomic mass is 16.3. The molecule has 3 heteroatoms. The van der Waals surface area contributed by atoms with Crippen molar-refractivity contribution in [1.82, 2.24) is 0 Å². The summed E-state index contributed by atoms with van der Waals surface area (Å²) in [6.07, 6.45) is 0. The summed E-state index contributed by atoms with van der Waals surface area (Å²) in [4.78, 5) is 2.05. The lowest BCUT2D eigenvalue weighted by Gasteiger charge is -2.28. The molecular weight excluding hydrogens is 188 g/mol. The number of para-hydroxylation sites is 2. The van der Waals surface area contributed by atoms with Crippen molar-refractivity contribution in [1.29, 1.82) is 0 Å². The summed E-state index contributed by atoms with van der Waals surface area (Å²) in [5.41, 5.74) is 1.87. The van der Waals surface area contributed by atoms with Crippen molar-refractivity contribution in [2.24, 2.45) is 0 Å². The molecule has 1 aromatic rings. The van der Waals surface area contributed by atoms with Crippen molar-refractivity contribution >= 4 is 11.4 Å². The van der Waals surface area contributed by atoms with Gasteiger partial charge in [0, 0.05) is 14.1 Å². The van der Waals surface area contributed by atoms with Crippen LogP contribution in [0.2, 0.25) is 0 Å². The van der Waals surface area contributed by atoms with Gasteiger partial charge in [-0.3, -0.25) is 0 Å². The fourth-order valence-corrected chi connectivity index (χ4v) is 1.37. The zero-order valence-corrected chi connectivity index (χ0v) is 9.91. The van der Waals surface area contributed by atoms with Crippen LogP contribution in [-0.2, 0) is 0 Å². The molecule has 0 saturated carbocycles. The number of anilines is 2. The van der Waals surface area contributed by atoms with Crippen LogP contribution in [0.5, 0.6) is 0 Å². The minimum absolute atomic E-state index is 0.106. The maximum Gasteiger partial charge on any atom is 0.0656 e.